The fourth-order valence-electron chi connectivity index (χ4n) is 4.39. The fraction of sp³-hybridized carbons (Fsp3) is 0.400. The topological polar surface area (TPSA) is 127 Å². The highest BCUT2D eigenvalue weighted by atomic mass is 16.7. The number of amides is 3. The predicted octanol–water partition coefficient (Wildman–Crippen LogP) is 1.88. The molecule has 2 aromatic heterocycles. The van der Waals surface area contributed by atoms with Gasteiger partial charge in [0, 0.05) is 38.2 Å². The van der Waals surface area contributed by atoms with Gasteiger partial charge in [-0.25, -0.2) is 14.8 Å². The second-order valence-electron chi connectivity index (χ2n) is 8.91. The van der Waals surface area contributed by atoms with Crippen molar-refractivity contribution in [1.29, 1.82) is 0 Å². The summed E-state index contributed by atoms with van der Waals surface area (Å²) in [4.78, 5) is 43.1. The van der Waals surface area contributed by atoms with Gasteiger partial charge in [-0.2, -0.15) is 4.98 Å². The van der Waals surface area contributed by atoms with Gasteiger partial charge in [-0.15, -0.1) is 0 Å². The van der Waals surface area contributed by atoms with Gasteiger partial charge in [0.1, 0.15) is 18.2 Å². The first kappa shape index (κ1) is 24.3. The van der Waals surface area contributed by atoms with E-state index < -0.39 is 6.04 Å². The van der Waals surface area contributed by atoms with Crippen LogP contribution in [0.4, 0.5) is 10.6 Å². The molecule has 0 radical (unpaired) electrons. The maximum absolute atomic E-state index is 13.7. The van der Waals surface area contributed by atoms with Crippen LogP contribution in [0.5, 0.6) is 11.5 Å². The molecule has 0 aliphatic carbocycles. The molecule has 1 aromatic carbocycles. The number of ether oxygens (including phenoxy) is 2. The van der Waals surface area contributed by atoms with Crippen molar-refractivity contribution in [3.05, 3.63) is 54.7 Å². The number of nitrogens with one attached hydrogen (secondary N) is 2. The average molecular weight is 507 g/mol. The van der Waals surface area contributed by atoms with E-state index in [1.54, 1.807) is 40.5 Å². The zero-order chi connectivity index (χ0) is 25.8. The van der Waals surface area contributed by atoms with E-state index >= 15 is 0 Å². The lowest BCUT2D eigenvalue weighted by Gasteiger charge is -2.41. The summed E-state index contributed by atoms with van der Waals surface area (Å²) >= 11 is 0. The molecule has 5 rings (SSSR count). The molecule has 3 amide bonds. The number of benzene rings is 1. The Bertz CT molecular complexity index is 1250. The third kappa shape index (κ3) is 5.27. The Kier molecular flexibility index (Phi) is 7.06. The molecule has 0 saturated carbocycles. The number of hydrogen-bond acceptors (Lipinski definition) is 8. The third-order valence-corrected chi connectivity index (χ3v) is 6.41. The third-order valence-electron chi connectivity index (χ3n) is 6.41. The van der Waals surface area contributed by atoms with Gasteiger partial charge in [-0.1, -0.05) is 13.0 Å². The molecule has 4 heterocycles. The van der Waals surface area contributed by atoms with E-state index in [2.05, 4.69) is 25.6 Å². The SMILES string of the molecule is CCCNC(=O)N1CCN(c2ccnc(-n3ccnc3)n2)C(C(=O)NC(C)c2ccc3c(c2)OCO3)C1. The summed E-state index contributed by atoms with van der Waals surface area (Å²) < 4.78 is 12.6. The van der Waals surface area contributed by atoms with E-state index in [4.69, 9.17) is 9.47 Å². The van der Waals surface area contributed by atoms with Crippen LogP contribution in [-0.2, 0) is 4.79 Å². The lowest BCUT2D eigenvalue weighted by atomic mass is 10.1. The summed E-state index contributed by atoms with van der Waals surface area (Å²) in [6, 6.07) is 6.27. The Labute approximate surface area is 214 Å². The molecule has 2 atom stereocenters. The van der Waals surface area contributed by atoms with Gasteiger partial charge in [0.15, 0.2) is 11.5 Å². The van der Waals surface area contributed by atoms with Gasteiger partial charge >= 0.3 is 6.03 Å². The van der Waals surface area contributed by atoms with Gasteiger partial charge in [-0.3, -0.25) is 9.36 Å². The minimum Gasteiger partial charge on any atom is -0.454 e. The van der Waals surface area contributed by atoms with Crippen LogP contribution in [0.1, 0.15) is 31.9 Å². The van der Waals surface area contributed by atoms with E-state index in [0.29, 0.717) is 42.9 Å². The molecule has 37 heavy (non-hydrogen) atoms. The van der Waals surface area contributed by atoms with Crippen LogP contribution >= 0.6 is 0 Å². The Balaban J connectivity index is 1.37. The highest BCUT2D eigenvalue weighted by Gasteiger charge is 2.36. The molecule has 0 spiro atoms. The van der Waals surface area contributed by atoms with E-state index in [9.17, 15) is 9.59 Å². The van der Waals surface area contributed by atoms with Crippen molar-refractivity contribution in [3.63, 3.8) is 0 Å². The largest absolute Gasteiger partial charge is 0.454 e. The zero-order valence-corrected chi connectivity index (χ0v) is 20.8. The maximum atomic E-state index is 13.7. The number of fused-ring (bicyclic) bond motifs is 1. The molecule has 12 nitrogen and oxygen atoms in total. The van der Waals surface area contributed by atoms with Crippen LogP contribution in [0, 0.1) is 0 Å². The molecule has 3 aromatic rings. The lowest BCUT2D eigenvalue weighted by Crippen LogP contribution is -2.62. The minimum atomic E-state index is -0.650. The number of imidazole rings is 1. The molecule has 1 saturated heterocycles. The summed E-state index contributed by atoms with van der Waals surface area (Å²) in [7, 11) is 0. The number of carbonyl (C=O) groups is 2. The number of piperazine rings is 1. The minimum absolute atomic E-state index is 0.176. The van der Waals surface area contributed by atoms with Gasteiger partial charge in [0.25, 0.3) is 0 Å². The van der Waals surface area contributed by atoms with Gasteiger partial charge in [-0.05, 0) is 37.1 Å². The Hall–Kier alpha value is -4.35. The van der Waals surface area contributed by atoms with E-state index in [-0.39, 0.29) is 31.3 Å². The van der Waals surface area contributed by atoms with Crippen LogP contribution in [-0.4, -0.2) is 75.4 Å². The second-order valence-corrected chi connectivity index (χ2v) is 8.91. The highest BCUT2D eigenvalue weighted by Crippen LogP contribution is 2.34. The smallest absolute Gasteiger partial charge is 0.317 e. The fourth-order valence-corrected chi connectivity index (χ4v) is 4.39. The molecular weight excluding hydrogens is 476 g/mol. The molecule has 2 aliphatic rings. The van der Waals surface area contributed by atoms with Crippen molar-refractivity contribution < 1.29 is 19.1 Å². The molecule has 0 bridgehead atoms. The summed E-state index contributed by atoms with van der Waals surface area (Å²) in [5, 5.41) is 6.02. The van der Waals surface area contributed by atoms with Crippen LogP contribution in [0.2, 0.25) is 0 Å². The quantitative estimate of drug-likeness (QED) is 0.497. The van der Waals surface area contributed by atoms with Crippen molar-refractivity contribution in [2.24, 2.45) is 0 Å². The van der Waals surface area contributed by atoms with Crippen molar-refractivity contribution in [2.45, 2.75) is 32.4 Å². The Morgan fingerprint density at radius 3 is 2.84 bits per heavy atom. The summed E-state index contributed by atoms with van der Waals surface area (Å²) in [6.45, 7) is 5.80. The molecule has 1 fully saturated rings. The van der Waals surface area contributed by atoms with E-state index in [0.717, 1.165) is 12.0 Å². The van der Waals surface area contributed by atoms with E-state index in [1.807, 2.05) is 36.9 Å². The number of aromatic nitrogens is 4. The van der Waals surface area contributed by atoms with Gasteiger partial charge in [0.05, 0.1) is 12.6 Å². The first-order valence-corrected chi connectivity index (χ1v) is 12.3. The number of carbonyl (C=O) groups excluding carboxylic acids is 2. The van der Waals surface area contributed by atoms with Crippen molar-refractivity contribution >= 4 is 17.8 Å². The van der Waals surface area contributed by atoms with Crippen molar-refractivity contribution in [2.75, 3.05) is 37.9 Å². The first-order valence-electron chi connectivity index (χ1n) is 12.3. The number of urea groups is 1. The second kappa shape index (κ2) is 10.7. The average Bonchev–Trinajstić information content (AvgIpc) is 3.63. The standard InChI is InChI=1S/C25H30N8O4/c1-3-7-28-25(35)31-11-12-33(22-6-8-27-24(30-22)32-10-9-26-15-32)19(14-31)23(34)29-17(2)18-4-5-20-21(13-18)37-16-36-20/h4-6,8-10,13,15,17,19H,3,7,11-12,14,16H2,1-2H3,(H,28,35)(H,29,34). The van der Waals surface area contributed by atoms with Crippen LogP contribution in [0.3, 0.4) is 0 Å². The molecule has 2 unspecified atom stereocenters. The van der Waals surface area contributed by atoms with Gasteiger partial charge in [0.2, 0.25) is 18.6 Å². The number of hydrogen-bond donors (Lipinski definition) is 2. The maximum Gasteiger partial charge on any atom is 0.317 e. The van der Waals surface area contributed by atoms with Crippen molar-refractivity contribution in [3.8, 4) is 17.4 Å². The first-order chi connectivity index (χ1) is 18.0. The zero-order valence-electron chi connectivity index (χ0n) is 20.8. The predicted molar refractivity (Wildman–Crippen MR) is 135 cm³/mol. The Morgan fingerprint density at radius 2 is 2.03 bits per heavy atom. The molecule has 12 heteroatoms. The van der Waals surface area contributed by atoms with Gasteiger partial charge < -0.3 is 29.9 Å². The monoisotopic (exact) mass is 506 g/mol. The Morgan fingerprint density at radius 1 is 1.16 bits per heavy atom. The number of anilines is 1. The normalized spacial score (nSPS) is 17.4. The molecule has 2 N–H and O–H groups in total. The molecule has 2 aliphatic heterocycles. The number of nitrogens with zero attached hydrogens (tertiary/aromatic N) is 6. The van der Waals surface area contributed by atoms with Crippen LogP contribution < -0.4 is 25.0 Å². The molecular formula is C25H30N8O4. The van der Waals surface area contributed by atoms with E-state index in [1.165, 1.54) is 0 Å². The number of rotatable bonds is 7. The van der Waals surface area contributed by atoms with Crippen LogP contribution in [0.25, 0.3) is 5.95 Å². The lowest BCUT2D eigenvalue weighted by molar-refractivity contribution is -0.123. The summed E-state index contributed by atoms with van der Waals surface area (Å²) in [5.41, 5.74) is 0.891. The van der Waals surface area contributed by atoms with Crippen molar-refractivity contribution in [1.82, 2.24) is 35.1 Å². The highest BCUT2D eigenvalue weighted by molar-refractivity contribution is 5.87. The van der Waals surface area contributed by atoms with Crippen LogP contribution in [0.15, 0.2) is 49.2 Å². The molecule has 194 valence electrons. The summed E-state index contributed by atoms with van der Waals surface area (Å²) in [5.74, 6) is 2.19. The summed E-state index contributed by atoms with van der Waals surface area (Å²) in [6.07, 6.45) is 7.51.